The molecule has 1 rings (SSSR count). The third-order valence-corrected chi connectivity index (χ3v) is 3.07. The Bertz CT molecular complexity index is 400. The summed E-state index contributed by atoms with van der Waals surface area (Å²) in [5.74, 6) is -1.80. The van der Waals surface area contributed by atoms with E-state index in [-0.39, 0.29) is 30.5 Å². The molecule has 0 aromatic rings. The maximum Gasteiger partial charge on any atom is 0.315 e. The second-order valence-corrected chi connectivity index (χ2v) is 6.71. The summed E-state index contributed by atoms with van der Waals surface area (Å²) in [6.45, 7) is 5.80. The minimum absolute atomic E-state index is 0.0443. The molecule has 1 atom stereocenters. The highest BCUT2D eigenvalue weighted by Gasteiger charge is 2.25. The number of nitrogens with one attached hydrogen (secondary N) is 3. The van der Waals surface area contributed by atoms with Gasteiger partial charge in [-0.2, -0.15) is 0 Å². The Morgan fingerprint density at radius 2 is 1.81 bits per heavy atom. The van der Waals surface area contributed by atoms with Crippen molar-refractivity contribution < 1.29 is 19.5 Å². The minimum atomic E-state index is -0.934. The van der Waals surface area contributed by atoms with Crippen LogP contribution in [0.5, 0.6) is 0 Å². The molecule has 1 aliphatic rings. The van der Waals surface area contributed by atoms with Gasteiger partial charge in [0, 0.05) is 12.6 Å². The second-order valence-electron chi connectivity index (χ2n) is 6.71. The molecule has 1 fully saturated rings. The molecule has 0 aromatic heterocycles. The van der Waals surface area contributed by atoms with Crippen LogP contribution in [-0.2, 0) is 9.59 Å². The van der Waals surface area contributed by atoms with Crippen molar-refractivity contribution in [2.45, 2.75) is 46.1 Å². The van der Waals surface area contributed by atoms with Crippen LogP contribution in [0.1, 0.15) is 40.0 Å². The van der Waals surface area contributed by atoms with Gasteiger partial charge in [-0.1, -0.05) is 20.8 Å². The van der Waals surface area contributed by atoms with Gasteiger partial charge in [-0.3, -0.25) is 9.59 Å². The van der Waals surface area contributed by atoms with Crippen LogP contribution in [0, 0.1) is 11.3 Å². The number of carbonyl (C=O) groups is 3. The van der Waals surface area contributed by atoms with Gasteiger partial charge in [0.2, 0.25) is 5.91 Å². The summed E-state index contributed by atoms with van der Waals surface area (Å²) in [6.07, 6.45) is 2.45. The molecule has 0 heterocycles. The molecule has 7 nitrogen and oxygen atoms in total. The first-order valence-electron chi connectivity index (χ1n) is 7.21. The summed E-state index contributed by atoms with van der Waals surface area (Å²) >= 11 is 0. The number of amides is 3. The van der Waals surface area contributed by atoms with Crippen molar-refractivity contribution in [3.8, 4) is 0 Å². The first kappa shape index (κ1) is 17.3. The molecule has 0 spiro atoms. The highest BCUT2D eigenvalue weighted by molar-refractivity contribution is 5.84. The zero-order valence-electron chi connectivity index (χ0n) is 12.9. The third kappa shape index (κ3) is 8.16. The van der Waals surface area contributed by atoms with Crippen LogP contribution in [0.3, 0.4) is 0 Å². The largest absolute Gasteiger partial charge is 0.481 e. The zero-order chi connectivity index (χ0) is 16.0. The number of rotatable bonds is 7. The van der Waals surface area contributed by atoms with Gasteiger partial charge in [0.15, 0.2) is 0 Å². The third-order valence-electron chi connectivity index (χ3n) is 3.07. The lowest BCUT2D eigenvalue weighted by atomic mass is 9.84. The number of carboxylic acids is 1. The zero-order valence-corrected chi connectivity index (χ0v) is 12.9. The van der Waals surface area contributed by atoms with Gasteiger partial charge in [0.25, 0.3) is 0 Å². The lowest BCUT2D eigenvalue weighted by Gasteiger charge is -2.23. The Balaban J connectivity index is 2.25. The van der Waals surface area contributed by atoms with Gasteiger partial charge >= 0.3 is 12.0 Å². The maximum absolute atomic E-state index is 11.5. The Labute approximate surface area is 124 Å². The number of hydrogen-bond acceptors (Lipinski definition) is 3. The van der Waals surface area contributed by atoms with E-state index >= 15 is 0 Å². The van der Waals surface area contributed by atoms with E-state index in [1.807, 2.05) is 20.8 Å². The lowest BCUT2D eigenvalue weighted by Crippen LogP contribution is -2.44. The number of aliphatic carboxylic acids is 1. The summed E-state index contributed by atoms with van der Waals surface area (Å²) in [5.41, 5.74) is -0.134. The van der Waals surface area contributed by atoms with E-state index in [1.165, 1.54) is 0 Å². The number of carboxylic acid groups (broad SMARTS) is 1. The van der Waals surface area contributed by atoms with Gasteiger partial charge in [-0.25, -0.2) is 4.79 Å². The second kappa shape index (κ2) is 7.28. The van der Waals surface area contributed by atoms with Crippen molar-refractivity contribution in [2.24, 2.45) is 11.3 Å². The molecule has 3 amide bonds. The van der Waals surface area contributed by atoms with Crippen molar-refractivity contribution in [1.29, 1.82) is 0 Å². The quantitative estimate of drug-likeness (QED) is 0.555. The lowest BCUT2D eigenvalue weighted by molar-refractivity contribution is -0.142. The topological polar surface area (TPSA) is 108 Å². The van der Waals surface area contributed by atoms with E-state index in [9.17, 15) is 14.4 Å². The smallest absolute Gasteiger partial charge is 0.315 e. The normalized spacial score (nSPS) is 16.0. The summed E-state index contributed by atoms with van der Waals surface area (Å²) in [6, 6.07) is -0.272. The predicted octanol–water partition coefficient (Wildman–Crippen LogP) is 0.701. The van der Waals surface area contributed by atoms with E-state index in [0.717, 1.165) is 12.8 Å². The molecule has 1 aliphatic carbocycles. The molecule has 4 N–H and O–H groups in total. The van der Waals surface area contributed by atoms with E-state index in [1.54, 1.807) is 0 Å². The first-order valence-corrected chi connectivity index (χ1v) is 7.21. The molecule has 7 heteroatoms. The van der Waals surface area contributed by atoms with Crippen molar-refractivity contribution >= 4 is 17.9 Å². The fraction of sp³-hybridized carbons (Fsp3) is 0.786. The van der Waals surface area contributed by atoms with Crippen LogP contribution >= 0.6 is 0 Å². The van der Waals surface area contributed by atoms with Crippen LogP contribution in [-0.4, -0.2) is 42.1 Å². The molecular formula is C14H25N3O4. The van der Waals surface area contributed by atoms with Crippen LogP contribution in [0.15, 0.2) is 0 Å². The summed E-state index contributed by atoms with van der Waals surface area (Å²) in [5, 5.41) is 16.8. The molecule has 21 heavy (non-hydrogen) atoms. The van der Waals surface area contributed by atoms with Crippen LogP contribution in [0.4, 0.5) is 4.79 Å². The molecule has 0 radical (unpaired) electrons. The van der Waals surface area contributed by atoms with E-state index in [4.69, 9.17) is 5.11 Å². The van der Waals surface area contributed by atoms with Crippen LogP contribution in [0.2, 0.25) is 0 Å². The van der Waals surface area contributed by atoms with Gasteiger partial charge in [0.05, 0.1) is 12.5 Å². The Morgan fingerprint density at radius 3 is 2.29 bits per heavy atom. The highest BCUT2D eigenvalue weighted by atomic mass is 16.4. The van der Waals surface area contributed by atoms with E-state index in [0.29, 0.717) is 6.42 Å². The van der Waals surface area contributed by atoms with Gasteiger partial charge in [0.1, 0.15) is 0 Å². The Kier molecular flexibility index (Phi) is 5.99. The molecule has 0 saturated heterocycles. The highest BCUT2D eigenvalue weighted by Crippen LogP contribution is 2.24. The molecule has 0 aromatic carbocycles. The van der Waals surface area contributed by atoms with Crippen molar-refractivity contribution in [2.75, 3.05) is 13.1 Å². The molecule has 120 valence electrons. The fourth-order valence-electron chi connectivity index (χ4n) is 1.93. The molecular weight excluding hydrogens is 274 g/mol. The van der Waals surface area contributed by atoms with Crippen molar-refractivity contribution in [1.82, 2.24) is 16.0 Å². The average molecular weight is 299 g/mol. The average Bonchev–Trinajstić information content (AvgIpc) is 3.14. The van der Waals surface area contributed by atoms with Gasteiger partial charge in [-0.15, -0.1) is 0 Å². The number of carbonyl (C=O) groups excluding carboxylic acids is 2. The fourth-order valence-corrected chi connectivity index (χ4v) is 1.93. The molecule has 0 bridgehead atoms. The number of urea groups is 1. The monoisotopic (exact) mass is 299 g/mol. The summed E-state index contributed by atoms with van der Waals surface area (Å²) in [4.78, 5) is 34.1. The standard InChI is InChI=1S/C14H25N3O4/c1-14(2,3)6-9(12(19)20)7-15-13(21)16-8-11(18)17-10-4-5-10/h9-10H,4-8H2,1-3H3,(H,17,18)(H,19,20)(H2,15,16,21). The van der Waals surface area contributed by atoms with E-state index in [2.05, 4.69) is 16.0 Å². The van der Waals surface area contributed by atoms with Crippen LogP contribution in [0.25, 0.3) is 0 Å². The van der Waals surface area contributed by atoms with Crippen molar-refractivity contribution in [3.05, 3.63) is 0 Å². The van der Waals surface area contributed by atoms with Gasteiger partial charge in [-0.05, 0) is 24.7 Å². The minimum Gasteiger partial charge on any atom is -0.481 e. The molecule has 1 saturated carbocycles. The maximum atomic E-state index is 11.5. The summed E-state index contributed by atoms with van der Waals surface area (Å²) < 4.78 is 0. The molecule has 1 unspecified atom stereocenters. The Morgan fingerprint density at radius 1 is 1.19 bits per heavy atom. The number of hydrogen-bond donors (Lipinski definition) is 4. The van der Waals surface area contributed by atoms with E-state index < -0.39 is 17.9 Å². The Hall–Kier alpha value is -1.79. The van der Waals surface area contributed by atoms with Crippen LogP contribution < -0.4 is 16.0 Å². The predicted molar refractivity (Wildman–Crippen MR) is 77.8 cm³/mol. The van der Waals surface area contributed by atoms with Gasteiger partial charge < -0.3 is 21.1 Å². The van der Waals surface area contributed by atoms with Crippen molar-refractivity contribution in [3.63, 3.8) is 0 Å². The summed E-state index contributed by atoms with van der Waals surface area (Å²) in [7, 11) is 0. The first-order chi connectivity index (χ1) is 9.67. The SMILES string of the molecule is CC(C)(C)CC(CNC(=O)NCC(=O)NC1CC1)C(=O)O. The molecule has 0 aliphatic heterocycles.